The lowest BCUT2D eigenvalue weighted by atomic mass is 10.1. The Morgan fingerprint density at radius 2 is 1.86 bits per heavy atom. The van der Waals surface area contributed by atoms with Crippen molar-refractivity contribution in [3.05, 3.63) is 82.3 Å². The topological polar surface area (TPSA) is 78.2 Å². The molecule has 0 unspecified atom stereocenters. The van der Waals surface area contributed by atoms with Gasteiger partial charge in [-0.2, -0.15) is 5.10 Å². The molecule has 0 fully saturated rings. The summed E-state index contributed by atoms with van der Waals surface area (Å²) in [6.07, 6.45) is 1.54. The van der Waals surface area contributed by atoms with Crippen molar-refractivity contribution in [2.45, 2.75) is 6.92 Å². The van der Waals surface area contributed by atoms with Crippen molar-refractivity contribution in [3.8, 4) is 11.4 Å². The minimum absolute atomic E-state index is 0.0542. The summed E-state index contributed by atoms with van der Waals surface area (Å²) >= 11 is 0. The number of hydrogen-bond donors (Lipinski definition) is 1. The number of aryl methyl sites for hydroxylation is 2. The number of pyridine rings is 1. The number of carbonyl (C=O) groups is 1. The smallest absolute Gasteiger partial charge is 0.261 e. The molecule has 2 aromatic heterocycles. The summed E-state index contributed by atoms with van der Waals surface area (Å²) in [5.74, 6) is 0.138. The van der Waals surface area contributed by atoms with Crippen molar-refractivity contribution < 1.29 is 9.53 Å². The van der Waals surface area contributed by atoms with Crippen molar-refractivity contribution in [2.75, 3.05) is 12.4 Å². The molecule has 0 spiro atoms. The van der Waals surface area contributed by atoms with Crippen LogP contribution in [0.5, 0.6) is 5.75 Å². The van der Waals surface area contributed by atoms with Gasteiger partial charge in [-0.3, -0.25) is 9.59 Å². The van der Waals surface area contributed by atoms with Crippen molar-refractivity contribution in [2.24, 2.45) is 7.05 Å². The number of nitrogens with one attached hydrogen (secondary N) is 1. The number of anilines is 1. The molecule has 0 bridgehead atoms. The number of rotatable bonds is 4. The molecule has 2 heterocycles. The lowest BCUT2D eigenvalue weighted by molar-refractivity contribution is 0.102. The second kappa shape index (κ2) is 7.27. The monoisotopic (exact) mass is 388 g/mol. The molecule has 4 rings (SSSR count). The highest BCUT2D eigenvalue weighted by Crippen LogP contribution is 2.21. The summed E-state index contributed by atoms with van der Waals surface area (Å²) in [4.78, 5) is 26.0. The van der Waals surface area contributed by atoms with Gasteiger partial charge < -0.3 is 14.6 Å². The Morgan fingerprint density at radius 1 is 1.10 bits per heavy atom. The van der Waals surface area contributed by atoms with E-state index < -0.39 is 5.91 Å². The van der Waals surface area contributed by atoms with Gasteiger partial charge in [-0.1, -0.05) is 24.3 Å². The number of aromatic nitrogens is 3. The normalized spacial score (nSPS) is 10.9. The zero-order valence-corrected chi connectivity index (χ0v) is 16.3. The number of nitrogens with zero attached hydrogens (tertiary/aromatic N) is 3. The third kappa shape index (κ3) is 3.27. The second-order valence-corrected chi connectivity index (χ2v) is 6.70. The number of ether oxygens (including phenoxy) is 1. The third-order valence-electron chi connectivity index (χ3n) is 4.74. The quantitative estimate of drug-likeness (QED) is 0.582. The molecular formula is C22H20N4O3. The molecular weight excluding hydrogens is 368 g/mol. The summed E-state index contributed by atoms with van der Waals surface area (Å²) in [6.45, 7) is 1.77. The lowest BCUT2D eigenvalue weighted by Gasteiger charge is -2.10. The van der Waals surface area contributed by atoms with Gasteiger partial charge in [-0.15, -0.1) is 0 Å². The summed E-state index contributed by atoms with van der Waals surface area (Å²) in [5.41, 5.74) is 2.30. The second-order valence-electron chi connectivity index (χ2n) is 6.70. The molecule has 0 atom stereocenters. The van der Waals surface area contributed by atoms with E-state index in [0.29, 0.717) is 28.2 Å². The molecule has 4 aromatic rings. The number of para-hydroxylation sites is 1. The summed E-state index contributed by atoms with van der Waals surface area (Å²) in [6, 6.07) is 16.5. The number of fused-ring (bicyclic) bond motifs is 1. The highest BCUT2D eigenvalue weighted by Gasteiger charge is 2.20. The van der Waals surface area contributed by atoms with Crippen LogP contribution in [-0.4, -0.2) is 27.4 Å². The van der Waals surface area contributed by atoms with Crippen LogP contribution in [0.3, 0.4) is 0 Å². The van der Waals surface area contributed by atoms with E-state index in [1.165, 1.54) is 0 Å². The summed E-state index contributed by atoms with van der Waals surface area (Å²) in [7, 11) is 3.35. The molecule has 146 valence electrons. The van der Waals surface area contributed by atoms with Gasteiger partial charge in [0, 0.05) is 25.0 Å². The first-order chi connectivity index (χ1) is 14.0. The van der Waals surface area contributed by atoms with E-state index in [1.807, 2.05) is 30.3 Å². The molecule has 0 aliphatic carbocycles. The molecule has 0 saturated carbocycles. The van der Waals surface area contributed by atoms with E-state index in [1.54, 1.807) is 60.8 Å². The molecule has 0 aliphatic rings. The highest BCUT2D eigenvalue weighted by molar-refractivity contribution is 6.05. The predicted molar refractivity (Wildman–Crippen MR) is 112 cm³/mol. The first kappa shape index (κ1) is 18.5. The molecule has 7 nitrogen and oxygen atoms in total. The van der Waals surface area contributed by atoms with E-state index in [4.69, 9.17) is 4.74 Å². The Hall–Kier alpha value is -3.87. The van der Waals surface area contributed by atoms with E-state index in [-0.39, 0.29) is 11.0 Å². The fourth-order valence-corrected chi connectivity index (χ4v) is 3.36. The fourth-order valence-electron chi connectivity index (χ4n) is 3.36. The highest BCUT2D eigenvalue weighted by atomic mass is 16.5. The van der Waals surface area contributed by atoms with Crippen LogP contribution >= 0.6 is 0 Å². The van der Waals surface area contributed by atoms with Crippen molar-refractivity contribution in [1.29, 1.82) is 0 Å². The molecule has 0 radical (unpaired) electrons. The maximum Gasteiger partial charge on any atom is 0.261 e. The van der Waals surface area contributed by atoms with Gasteiger partial charge >= 0.3 is 0 Å². The van der Waals surface area contributed by atoms with E-state index >= 15 is 0 Å². The predicted octanol–water partition coefficient (Wildman–Crippen LogP) is 3.29. The Balaban J connectivity index is 1.81. The van der Waals surface area contributed by atoms with Gasteiger partial charge in [0.05, 0.1) is 23.9 Å². The molecule has 1 N–H and O–H groups in total. The number of amides is 1. The van der Waals surface area contributed by atoms with Gasteiger partial charge in [-0.05, 0) is 31.2 Å². The first-order valence-corrected chi connectivity index (χ1v) is 9.09. The van der Waals surface area contributed by atoms with E-state index in [0.717, 1.165) is 5.69 Å². The van der Waals surface area contributed by atoms with Gasteiger partial charge in [0.15, 0.2) is 0 Å². The number of methoxy groups -OCH3 is 1. The Morgan fingerprint density at radius 3 is 2.59 bits per heavy atom. The van der Waals surface area contributed by atoms with Crippen LogP contribution < -0.4 is 15.5 Å². The third-order valence-corrected chi connectivity index (χ3v) is 4.74. The number of hydrogen-bond acceptors (Lipinski definition) is 4. The maximum absolute atomic E-state index is 13.1. The Kier molecular flexibility index (Phi) is 4.64. The van der Waals surface area contributed by atoms with Crippen molar-refractivity contribution >= 4 is 22.6 Å². The standard InChI is InChI=1S/C22H20N4O3/c1-14-19-20(27)18(21(28)23-15-8-7-11-17(12-15)29-3)13-25(2)22(19)26(24-14)16-9-5-4-6-10-16/h4-13H,1-3H3,(H,23,28). The van der Waals surface area contributed by atoms with Gasteiger partial charge in [0.2, 0.25) is 5.43 Å². The van der Waals surface area contributed by atoms with Crippen LogP contribution in [0.15, 0.2) is 65.6 Å². The van der Waals surface area contributed by atoms with Crippen molar-refractivity contribution in [1.82, 2.24) is 14.3 Å². The van der Waals surface area contributed by atoms with E-state index in [2.05, 4.69) is 10.4 Å². The van der Waals surface area contributed by atoms with Crippen LogP contribution in [0.25, 0.3) is 16.7 Å². The van der Waals surface area contributed by atoms with Crippen LogP contribution in [0.2, 0.25) is 0 Å². The van der Waals surface area contributed by atoms with Crippen LogP contribution in [0.4, 0.5) is 5.69 Å². The molecule has 0 aliphatic heterocycles. The average Bonchev–Trinajstić information content (AvgIpc) is 3.09. The van der Waals surface area contributed by atoms with E-state index in [9.17, 15) is 9.59 Å². The number of carbonyl (C=O) groups excluding carboxylic acids is 1. The Labute approximate surface area is 167 Å². The fraction of sp³-hybridized carbons (Fsp3) is 0.136. The minimum Gasteiger partial charge on any atom is -0.497 e. The lowest BCUT2D eigenvalue weighted by Crippen LogP contribution is -2.23. The zero-order chi connectivity index (χ0) is 20.5. The van der Waals surface area contributed by atoms with Crippen LogP contribution in [-0.2, 0) is 7.05 Å². The molecule has 7 heteroatoms. The summed E-state index contributed by atoms with van der Waals surface area (Å²) in [5, 5.41) is 7.73. The van der Waals surface area contributed by atoms with Crippen molar-refractivity contribution in [3.63, 3.8) is 0 Å². The number of benzene rings is 2. The molecule has 29 heavy (non-hydrogen) atoms. The average molecular weight is 388 g/mol. The SMILES string of the molecule is COc1cccc(NC(=O)c2cn(C)c3c(c(C)nn3-c3ccccc3)c2=O)c1. The van der Waals surface area contributed by atoms with Crippen LogP contribution in [0.1, 0.15) is 16.1 Å². The molecule has 0 saturated heterocycles. The van der Waals surface area contributed by atoms with Gasteiger partial charge in [-0.25, -0.2) is 4.68 Å². The first-order valence-electron chi connectivity index (χ1n) is 9.09. The molecule has 1 amide bonds. The Bertz CT molecular complexity index is 1270. The van der Waals surface area contributed by atoms with Gasteiger partial charge in [0.1, 0.15) is 17.0 Å². The zero-order valence-electron chi connectivity index (χ0n) is 16.3. The van der Waals surface area contributed by atoms with Gasteiger partial charge in [0.25, 0.3) is 5.91 Å². The largest absolute Gasteiger partial charge is 0.497 e. The maximum atomic E-state index is 13.1. The van der Waals surface area contributed by atoms with Crippen LogP contribution in [0, 0.1) is 6.92 Å². The molecule has 2 aromatic carbocycles. The minimum atomic E-state index is -0.479. The summed E-state index contributed by atoms with van der Waals surface area (Å²) < 4.78 is 8.65.